The number of nitrogens with zero attached hydrogens (tertiary/aromatic N) is 3. The molecular formula is C23H33N3O2. The van der Waals surface area contributed by atoms with Crippen molar-refractivity contribution in [3.8, 4) is 0 Å². The predicted octanol–water partition coefficient (Wildman–Crippen LogP) is 2.76. The van der Waals surface area contributed by atoms with Gasteiger partial charge in [0.15, 0.2) is 0 Å². The Bertz CT molecular complexity index is 646. The summed E-state index contributed by atoms with van der Waals surface area (Å²) in [6.07, 6.45) is 6.03. The van der Waals surface area contributed by atoms with Crippen molar-refractivity contribution >= 4 is 11.8 Å². The van der Waals surface area contributed by atoms with Gasteiger partial charge in [-0.15, -0.1) is 0 Å². The van der Waals surface area contributed by atoms with E-state index in [0.29, 0.717) is 6.54 Å². The van der Waals surface area contributed by atoms with E-state index in [9.17, 15) is 9.59 Å². The van der Waals surface area contributed by atoms with Crippen LogP contribution in [0.15, 0.2) is 30.3 Å². The molecule has 1 aromatic rings. The summed E-state index contributed by atoms with van der Waals surface area (Å²) in [5.41, 5.74) is 1.39. The third-order valence-corrected chi connectivity index (χ3v) is 6.75. The molecule has 4 rings (SSSR count). The maximum absolute atomic E-state index is 12.5. The maximum atomic E-state index is 12.5. The number of piperazine rings is 1. The number of likely N-dealkylation sites (tertiary alicyclic amines) is 1. The zero-order valence-electron chi connectivity index (χ0n) is 16.9. The van der Waals surface area contributed by atoms with Crippen LogP contribution in [0.25, 0.3) is 0 Å². The second kappa shape index (κ2) is 9.19. The van der Waals surface area contributed by atoms with Crippen LogP contribution in [0.4, 0.5) is 0 Å². The molecule has 5 nitrogen and oxygen atoms in total. The van der Waals surface area contributed by atoms with Crippen LogP contribution in [-0.4, -0.2) is 65.8 Å². The van der Waals surface area contributed by atoms with E-state index in [-0.39, 0.29) is 23.7 Å². The molecule has 5 heteroatoms. The number of rotatable bonds is 7. The Balaban J connectivity index is 1.14. The summed E-state index contributed by atoms with van der Waals surface area (Å²) in [4.78, 5) is 31.7. The standard InChI is InChI=1S/C23H33N3O2/c27-22-20-10-4-5-11-21(20)23(28)26(22)13-7-6-12-24-14-16-25(17-15-24)18-19-8-2-1-3-9-19/h1-3,8-9,20-21H,4-7,10-18H2. The van der Waals surface area contributed by atoms with Crippen LogP contribution in [0, 0.1) is 11.8 Å². The second-order valence-corrected chi connectivity index (χ2v) is 8.64. The van der Waals surface area contributed by atoms with Crippen LogP contribution in [0.1, 0.15) is 44.1 Å². The van der Waals surface area contributed by atoms with Gasteiger partial charge < -0.3 is 4.90 Å². The molecule has 2 amide bonds. The lowest BCUT2D eigenvalue weighted by atomic mass is 9.81. The van der Waals surface area contributed by atoms with E-state index >= 15 is 0 Å². The third kappa shape index (κ3) is 4.47. The Morgan fingerprint density at radius 3 is 1.96 bits per heavy atom. The Morgan fingerprint density at radius 2 is 1.32 bits per heavy atom. The summed E-state index contributed by atoms with van der Waals surface area (Å²) >= 11 is 0. The van der Waals surface area contributed by atoms with E-state index in [1.54, 1.807) is 4.90 Å². The minimum Gasteiger partial charge on any atom is -0.301 e. The van der Waals surface area contributed by atoms with Crippen molar-refractivity contribution in [1.82, 2.24) is 14.7 Å². The number of fused-ring (bicyclic) bond motifs is 1. The number of imide groups is 1. The zero-order chi connectivity index (χ0) is 19.3. The molecule has 1 aliphatic carbocycles. The van der Waals surface area contributed by atoms with E-state index < -0.39 is 0 Å². The highest BCUT2D eigenvalue weighted by atomic mass is 16.2. The maximum Gasteiger partial charge on any atom is 0.233 e. The number of hydrogen-bond donors (Lipinski definition) is 0. The monoisotopic (exact) mass is 383 g/mol. The van der Waals surface area contributed by atoms with E-state index in [0.717, 1.165) is 77.8 Å². The summed E-state index contributed by atoms with van der Waals surface area (Å²) in [6, 6.07) is 10.7. The highest BCUT2D eigenvalue weighted by molar-refractivity contribution is 6.05. The van der Waals surface area contributed by atoms with E-state index in [2.05, 4.69) is 40.1 Å². The molecule has 28 heavy (non-hydrogen) atoms. The lowest BCUT2D eigenvalue weighted by molar-refractivity contribution is -0.140. The normalized spacial score (nSPS) is 26.6. The van der Waals surface area contributed by atoms with Crippen LogP contribution < -0.4 is 0 Å². The molecule has 0 bridgehead atoms. The summed E-state index contributed by atoms with van der Waals surface area (Å²) in [5, 5.41) is 0. The fourth-order valence-corrected chi connectivity index (χ4v) is 5.07. The number of carbonyl (C=O) groups is 2. The van der Waals surface area contributed by atoms with E-state index in [1.807, 2.05) is 0 Å². The molecular weight excluding hydrogens is 350 g/mol. The van der Waals surface area contributed by atoms with Crippen molar-refractivity contribution in [2.24, 2.45) is 11.8 Å². The van der Waals surface area contributed by atoms with Gasteiger partial charge in [-0.2, -0.15) is 0 Å². The smallest absolute Gasteiger partial charge is 0.233 e. The molecule has 1 saturated carbocycles. The number of carbonyl (C=O) groups excluding carboxylic acids is 2. The van der Waals surface area contributed by atoms with E-state index in [4.69, 9.17) is 0 Å². The number of unbranched alkanes of at least 4 members (excludes halogenated alkanes) is 1. The molecule has 0 N–H and O–H groups in total. The molecule has 3 aliphatic rings. The van der Waals surface area contributed by atoms with Gasteiger partial charge in [0.2, 0.25) is 11.8 Å². The van der Waals surface area contributed by atoms with Crippen LogP contribution >= 0.6 is 0 Å². The lowest BCUT2D eigenvalue weighted by Gasteiger charge is -2.34. The van der Waals surface area contributed by atoms with Gasteiger partial charge in [-0.05, 0) is 37.8 Å². The van der Waals surface area contributed by atoms with Gasteiger partial charge >= 0.3 is 0 Å². The van der Waals surface area contributed by atoms with Gasteiger partial charge in [0.1, 0.15) is 0 Å². The van der Waals surface area contributed by atoms with Gasteiger partial charge in [0, 0.05) is 39.3 Å². The zero-order valence-corrected chi connectivity index (χ0v) is 16.9. The van der Waals surface area contributed by atoms with Gasteiger partial charge in [-0.3, -0.25) is 19.4 Å². The summed E-state index contributed by atoms with van der Waals surface area (Å²) in [5.74, 6) is 0.228. The quantitative estimate of drug-likeness (QED) is 0.536. The third-order valence-electron chi connectivity index (χ3n) is 6.75. The first-order valence-electron chi connectivity index (χ1n) is 11.1. The average Bonchev–Trinajstić information content (AvgIpc) is 2.98. The number of hydrogen-bond acceptors (Lipinski definition) is 4. The van der Waals surface area contributed by atoms with Crippen molar-refractivity contribution in [2.45, 2.75) is 45.1 Å². The van der Waals surface area contributed by atoms with Crippen LogP contribution in [0.5, 0.6) is 0 Å². The molecule has 3 fully saturated rings. The minimum absolute atomic E-state index is 0.000980. The fourth-order valence-electron chi connectivity index (χ4n) is 5.07. The average molecular weight is 384 g/mol. The first-order valence-corrected chi connectivity index (χ1v) is 11.1. The summed E-state index contributed by atoms with van der Waals surface area (Å²) < 4.78 is 0. The second-order valence-electron chi connectivity index (χ2n) is 8.64. The van der Waals surface area contributed by atoms with Crippen molar-refractivity contribution in [2.75, 3.05) is 39.3 Å². The molecule has 2 atom stereocenters. The first-order chi connectivity index (χ1) is 13.7. The van der Waals surface area contributed by atoms with Crippen molar-refractivity contribution in [1.29, 1.82) is 0 Å². The molecule has 2 saturated heterocycles. The van der Waals surface area contributed by atoms with Crippen molar-refractivity contribution in [3.05, 3.63) is 35.9 Å². The molecule has 2 unspecified atom stereocenters. The first kappa shape index (κ1) is 19.6. The summed E-state index contributed by atoms with van der Waals surface area (Å²) in [7, 11) is 0. The van der Waals surface area contributed by atoms with Crippen LogP contribution in [0.2, 0.25) is 0 Å². The molecule has 0 radical (unpaired) electrons. The lowest BCUT2D eigenvalue weighted by Crippen LogP contribution is -2.46. The molecule has 2 aliphatic heterocycles. The Hall–Kier alpha value is -1.72. The van der Waals surface area contributed by atoms with E-state index in [1.165, 1.54) is 5.56 Å². The number of benzene rings is 1. The minimum atomic E-state index is -0.000980. The van der Waals surface area contributed by atoms with Crippen molar-refractivity contribution < 1.29 is 9.59 Å². The SMILES string of the molecule is O=C1C2CCCCC2C(=O)N1CCCCN1CCN(Cc2ccccc2)CC1. The van der Waals surface area contributed by atoms with Gasteiger partial charge in [0.05, 0.1) is 11.8 Å². The van der Waals surface area contributed by atoms with Crippen LogP contribution in [0.3, 0.4) is 0 Å². The van der Waals surface area contributed by atoms with Crippen molar-refractivity contribution in [3.63, 3.8) is 0 Å². The van der Waals surface area contributed by atoms with Gasteiger partial charge in [-0.1, -0.05) is 43.2 Å². The summed E-state index contributed by atoms with van der Waals surface area (Å²) in [6.45, 7) is 7.18. The number of amides is 2. The van der Waals surface area contributed by atoms with Crippen LogP contribution in [-0.2, 0) is 16.1 Å². The molecule has 0 aromatic heterocycles. The molecule has 1 aromatic carbocycles. The highest BCUT2D eigenvalue weighted by Crippen LogP contribution is 2.38. The Morgan fingerprint density at radius 1 is 0.750 bits per heavy atom. The largest absolute Gasteiger partial charge is 0.301 e. The molecule has 0 spiro atoms. The van der Waals surface area contributed by atoms with Gasteiger partial charge in [0.25, 0.3) is 0 Å². The fraction of sp³-hybridized carbons (Fsp3) is 0.652. The topological polar surface area (TPSA) is 43.9 Å². The Kier molecular flexibility index (Phi) is 6.43. The highest BCUT2D eigenvalue weighted by Gasteiger charge is 2.47. The molecule has 2 heterocycles. The predicted molar refractivity (Wildman–Crippen MR) is 110 cm³/mol. The Labute approximate surface area is 168 Å². The molecule has 152 valence electrons. The van der Waals surface area contributed by atoms with Gasteiger partial charge in [-0.25, -0.2) is 0 Å².